The van der Waals surface area contributed by atoms with Gasteiger partial charge in [0.1, 0.15) is 17.4 Å². The summed E-state index contributed by atoms with van der Waals surface area (Å²) in [6.45, 7) is 1.94. The molecule has 1 heterocycles. The number of aliphatic imine (C=N–C) groups is 1. The highest BCUT2D eigenvalue weighted by Gasteiger charge is 2.23. The van der Waals surface area contributed by atoms with Crippen LogP contribution in [0.4, 0.5) is 0 Å². The van der Waals surface area contributed by atoms with Crippen molar-refractivity contribution in [1.29, 1.82) is 10.7 Å². The molecule has 2 aromatic carbocycles. The minimum Gasteiger partial charge on any atom is -0.495 e. The Bertz CT molecular complexity index is 1040. The van der Waals surface area contributed by atoms with Gasteiger partial charge in [-0.1, -0.05) is 17.7 Å². The van der Waals surface area contributed by atoms with Gasteiger partial charge in [0.05, 0.1) is 29.9 Å². The summed E-state index contributed by atoms with van der Waals surface area (Å²) in [6.07, 6.45) is 2.63. The first-order chi connectivity index (χ1) is 15.5. The maximum atomic E-state index is 9.34. The number of ether oxygens (including phenoxy) is 2. The molecule has 3 N–H and O–H groups in total. The van der Waals surface area contributed by atoms with E-state index in [1.54, 1.807) is 32.4 Å². The molecule has 0 aliphatic carbocycles. The van der Waals surface area contributed by atoms with Crippen molar-refractivity contribution in [2.75, 3.05) is 33.9 Å². The molecular formula is C24H28ClN5O2. The number of piperidine rings is 1. The maximum absolute atomic E-state index is 9.34. The van der Waals surface area contributed by atoms with Crippen molar-refractivity contribution in [3.8, 4) is 11.8 Å². The number of nitrogens with zero attached hydrogens (tertiary/aromatic N) is 3. The highest BCUT2D eigenvalue weighted by molar-refractivity contribution is 6.32. The molecule has 0 radical (unpaired) electrons. The quantitative estimate of drug-likeness (QED) is 0.491. The number of methoxy groups -OCH3 is 2. The van der Waals surface area contributed by atoms with Crippen molar-refractivity contribution in [2.45, 2.75) is 25.4 Å². The van der Waals surface area contributed by atoms with Gasteiger partial charge >= 0.3 is 0 Å². The molecule has 1 fully saturated rings. The fraction of sp³-hybridized carbons (Fsp3) is 0.375. The Morgan fingerprint density at radius 2 is 1.97 bits per heavy atom. The SMILES string of the molecule is COc1ccc(CCN=C(N)c2cc(C#N)ccc2C(=N)N2CCC(OC)CC2)cc1Cl. The molecule has 0 saturated carbocycles. The van der Waals surface area contributed by atoms with Gasteiger partial charge in [-0.05, 0) is 55.2 Å². The molecular weight excluding hydrogens is 426 g/mol. The molecule has 0 spiro atoms. The second-order valence-electron chi connectivity index (χ2n) is 7.63. The van der Waals surface area contributed by atoms with Crippen molar-refractivity contribution in [3.63, 3.8) is 0 Å². The van der Waals surface area contributed by atoms with Crippen LogP contribution in [0.15, 0.2) is 41.4 Å². The first kappa shape index (κ1) is 23.6. The van der Waals surface area contributed by atoms with Gasteiger partial charge in [-0.25, -0.2) is 0 Å². The van der Waals surface area contributed by atoms with E-state index in [1.165, 1.54) is 0 Å². The Morgan fingerprint density at radius 3 is 2.59 bits per heavy atom. The molecule has 168 valence electrons. The van der Waals surface area contributed by atoms with E-state index >= 15 is 0 Å². The van der Waals surface area contributed by atoms with Crippen LogP contribution >= 0.6 is 11.6 Å². The summed E-state index contributed by atoms with van der Waals surface area (Å²) in [4.78, 5) is 6.55. The number of benzene rings is 2. The standard InChI is InChI=1S/C24H28ClN5O2/c1-31-18-8-11-30(12-9-18)24(28)19-5-3-17(15-26)13-20(19)23(27)29-10-7-16-4-6-22(32-2)21(25)14-16/h3-6,13-14,18,28H,7-12H2,1-2H3,(H2,27,29). The average molecular weight is 454 g/mol. The van der Waals surface area contributed by atoms with Gasteiger partial charge in [0.25, 0.3) is 0 Å². The van der Waals surface area contributed by atoms with Gasteiger partial charge in [-0.2, -0.15) is 5.26 Å². The Hall–Kier alpha value is -3.08. The number of likely N-dealkylation sites (tertiary alicyclic amines) is 1. The molecule has 7 nitrogen and oxygen atoms in total. The second-order valence-corrected chi connectivity index (χ2v) is 8.04. The fourth-order valence-electron chi connectivity index (χ4n) is 3.77. The minimum absolute atomic E-state index is 0.234. The van der Waals surface area contributed by atoms with E-state index in [1.807, 2.05) is 23.1 Å². The largest absolute Gasteiger partial charge is 0.495 e. The maximum Gasteiger partial charge on any atom is 0.137 e. The molecule has 1 saturated heterocycles. The number of nitrogens with one attached hydrogen (secondary N) is 1. The van der Waals surface area contributed by atoms with E-state index in [0.29, 0.717) is 52.1 Å². The summed E-state index contributed by atoms with van der Waals surface area (Å²) >= 11 is 6.20. The summed E-state index contributed by atoms with van der Waals surface area (Å²) in [5.74, 6) is 1.33. The van der Waals surface area contributed by atoms with E-state index in [4.69, 9.17) is 32.2 Å². The minimum atomic E-state index is 0.234. The number of nitriles is 1. The molecule has 8 heteroatoms. The predicted octanol–water partition coefficient (Wildman–Crippen LogP) is 3.60. The van der Waals surface area contributed by atoms with Crippen LogP contribution in [0, 0.1) is 16.7 Å². The van der Waals surface area contributed by atoms with E-state index < -0.39 is 0 Å². The molecule has 0 amide bonds. The van der Waals surface area contributed by atoms with Crippen LogP contribution in [0.25, 0.3) is 0 Å². The number of hydrogen-bond acceptors (Lipinski definition) is 5. The van der Waals surface area contributed by atoms with Crippen LogP contribution < -0.4 is 10.5 Å². The summed E-state index contributed by atoms with van der Waals surface area (Å²) in [6, 6.07) is 13.0. The van der Waals surface area contributed by atoms with E-state index in [-0.39, 0.29) is 6.10 Å². The third kappa shape index (κ3) is 5.58. The molecule has 0 bridgehead atoms. The fourth-order valence-corrected chi connectivity index (χ4v) is 4.05. The summed E-state index contributed by atoms with van der Waals surface area (Å²) < 4.78 is 10.6. The van der Waals surface area contributed by atoms with Crippen LogP contribution in [0.3, 0.4) is 0 Å². The Labute approximate surface area is 193 Å². The summed E-state index contributed by atoms with van der Waals surface area (Å²) in [7, 11) is 3.30. The first-order valence-electron chi connectivity index (χ1n) is 10.5. The zero-order valence-electron chi connectivity index (χ0n) is 18.4. The van der Waals surface area contributed by atoms with Crippen LogP contribution in [0.2, 0.25) is 5.02 Å². The number of amidine groups is 2. The smallest absolute Gasteiger partial charge is 0.137 e. The van der Waals surface area contributed by atoms with Crippen LogP contribution in [-0.4, -0.2) is 56.5 Å². The molecule has 32 heavy (non-hydrogen) atoms. The molecule has 1 aliphatic heterocycles. The zero-order valence-corrected chi connectivity index (χ0v) is 19.2. The average Bonchev–Trinajstić information content (AvgIpc) is 2.83. The predicted molar refractivity (Wildman–Crippen MR) is 127 cm³/mol. The number of nitrogens with two attached hydrogens (primary N) is 1. The lowest BCUT2D eigenvalue weighted by molar-refractivity contribution is 0.0578. The second kappa shape index (κ2) is 11.0. The van der Waals surface area contributed by atoms with Crippen molar-refractivity contribution in [3.05, 3.63) is 63.7 Å². The van der Waals surface area contributed by atoms with Crippen LogP contribution in [0.1, 0.15) is 35.1 Å². The van der Waals surface area contributed by atoms with Crippen LogP contribution in [-0.2, 0) is 11.2 Å². The van der Waals surface area contributed by atoms with E-state index in [9.17, 15) is 5.26 Å². The van der Waals surface area contributed by atoms with Crippen molar-refractivity contribution in [2.24, 2.45) is 10.7 Å². The monoisotopic (exact) mass is 453 g/mol. The van der Waals surface area contributed by atoms with Crippen molar-refractivity contribution in [1.82, 2.24) is 4.90 Å². The van der Waals surface area contributed by atoms with Gasteiger partial charge in [0.15, 0.2) is 0 Å². The zero-order chi connectivity index (χ0) is 23.1. The third-order valence-corrected chi connectivity index (χ3v) is 5.97. The Kier molecular flexibility index (Phi) is 8.09. The summed E-state index contributed by atoms with van der Waals surface area (Å²) in [5.41, 5.74) is 9.11. The molecule has 2 aromatic rings. The molecule has 0 atom stereocenters. The first-order valence-corrected chi connectivity index (χ1v) is 10.9. The molecule has 0 aromatic heterocycles. The van der Waals surface area contributed by atoms with E-state index in [0.717, 1.165) is 31.5 Å². The van der Waals surface area contributed by atoms with Gasteiger partial charge in [-0.3, -0.25) is 10.4 Å². The van der Waals surface area contributed by atoms with Crippen molar-refractivity contribution >= 4 is 23.3 Å². The molecule has 0 unspecified atom stereocenters. The Balaban J connectivity index is 1.77. The van der Waals surface area contributed by atoms with E-state index in [2.05, 4.69) is 11.1 Å². The lowest BCUT2D eigenvalue weighted by Crippen LogP contribution is -2.41. The van der Waals surface area contributed by atoms with Gasteiger partial charge in [-0.15, -0.1) is 0 Å². The topological polar surface area (TPSA) is 108 Å². The normalized spacial score (nSPS) is 14.8. The number of hydrogen-bond donors (Lipinski definition) is 2. The highest BCUT2D eigenvalue weighted by atomic mass is 35.5. The molecule has 1 aliphatic rings. The molecule has 3 rings (SSSR count). The van der Waals surface area contributed by atoms with Gasteiger partial charge < -0.3 is 20.1 Å². The Morgan fingerprint density at radius 1 is 1.22 bits per heavy atom. The lowest BCUT2D eigenvalue weighted by Gasteiger charge is -2.33. The number of rotatable bonds is 7. The van der Waals surface area contributed by atoms with Gasteiger partial charge in [0.2, 0.25) is 0 Å². The van der Waals surface area contributed by atoms with Crippen LogP contribution in [0.5, 0.6) is 5.75 Å². The highest BCUT2D eigenvalue weighted by Crippen LogP contribution is 2.25. The number of halogens is 1. The summed E-state index contributed by atoms with van der Waals surface area (Å²) in [5, 5.41) is 18.6. The lowest BCUT2D eigenvalue weighted by atomic mass is 10.00. The van der Waals surface area contributed by atoms with Gasteiger partial charge in [0, 0.05) is 37.9 Å². The van der Waals surface area contributed by atoms with Crippen molar-refractivity contribution < 1.29 is 9.47 Å². The third-order valence-electron chi connectivity index (χ3n) is 5.67.